The van der Waals surface area contributed by atoms with Gasteiger partial charge in [-0.3, -0.25) is 0 Å². The molecule has 126 valence electrons. The van der Waals surface area contributed by atoms with Gasteiger partial charge in [0.2, 0.25) is 0 Å². The van der Waals surface area contributed by atoms with E-state index in [1.807, 2.05) is 30.3 Å². The molecule has 0 fully saturated rings. The number of hydrogen-bond acceptors (Lipinski definition) is 3. The molecule has 0 aliphatic heterocycles. The summed E-state index contributed by atoms with van der Waals surface area (Å²) in [7, 11) is 1.65. The van der Waals surface area contributed by atoms with Crippen molar-refractivity contribution in [1.82, 2.24) is 4.57 Å². The van der Waals surface area contributed by atoms with E-state index in [4.69, 9.17) is 4.74 Å². The molecule has 0 saturated carbocycles. The zero-order chi connectivity index (χ0) is 17.1. The Labute approximate surface area is 142 Å². The highest BCUT2D eigenvalue weighted by Crippen LogP contribution is 2.25. The molecule has 1 atom stereocenters. The Morgan fingerprint density at radius 3 is 2.71 bits per heavy atom. The largest absolute Gasteiger partial charge is 0.497 e. The first kappa shape index (κ1) is 16.4. The smallest absolute Gasteiger partial charge is 0.120 e. The van der Waals surface area contributed by atoms with Gasteiger partial charge in [0, 0.05) is 34.9 Å². The summed E-state index contributed by atoms with van der Waals surface area (Å²) < 4.78 is 7.41. The number of para-hydroxylation sites is 1. The van der Waals surface area contributed by atoms with Crippen LogP contribution in [0.1, 0.15) is 11.3 Å². The molecule has 0 amide bonds. The number of anilines is 1. The third-order valence-electron chi connectivity index (χ3n) is 4.55. The second-order valence-corrected chi connectivity index (χ2v) is 6.10. The minimum atomic E-state index is -0.481. The van der Waals surface area contributed by atoms with E-state index in [-0.39, 0.29) is 0 Å². The van der Waals surface area contributed by atoms with Crippen LogP contribution in [0.25, 0.3) is 10.9 Å². The zero-order valence-electron chi connectivity index (χ0n) is 14.4. The number of hydrogen-bond donors (Lipinski definition) is 2. The summed E-state index contributed by atoms with van der Waals surface area (Å²) in [6.45, 7) is 5.29. The second kappa shape index (κ2) is 6.97. The minimum Gasteiger partial charge on any atom is -0.497 e. The quantitative estimate of drug-likeness (QED) is 0.726. The number of benzene rings is 2. The van der Waals surface area contributed by atoms with Gasteiger partial charge in [-0.15, -0.1) is 0 Å². The number of aryl methyl sites for hydroxylation is 1. The lowest BCUT2D eigenvalue weighted by molar-refractivity contribution is 0.167. The van der Waals surface area contributed by atoms with Crippen LogP contribution in [0.2, 0.25) is 0 Å². The molecule has 4 heteroatoms. The minimum absolute atomic E-state index is 0.481. The molecule has 3 rings (SSSR count). The third-order valence-corrected chi connectivity index (χ3v) is 4.55. The van der Waals surface area contributed by atoms with Crippen molar-refractivity contribution in [3.63, 3.8) is 0 Å². The molecule has 24 heavy (non-hydrogen) atoms. The summed E-state index contributed by atoms with van der Waals surface area (Å²) in [5.41, 5.74) is 4.60. The summed E-state index contributed by atoms with van der Waals surface area (Å²) >= 11 is 0. The number of methoxy groups -OCH3 is 1. The van der Waals surface area contributed by atoms with E-state index in [2.05, 4.69) is 41.9 Å². The first-order valence-electron chi connectivity index (χ1n) is 8.20. The first-order chi connectivity index (χ1) is 11.6. The lowest BCUT2D eigenvalue weighted by Crippen LogP contribution is -2.25. The van der Waals surface area contributed by atoms with Crippen LogP contribution < -0.4 is 10.1 Å². The molecule has 0 aliphatic carbocycles. The number of nitrogens with one attached hydrogen (secondary N) is 1. The number of aliphatic hydroxyl groups excluding tert-OH is 1. The van der Waals surface area contributed by atoms with Crippen LogP contribution in [0.4, 0.5) is 5.69 Å². The molecule has 1 aromatic heterocycles. The van der Waals surface area contributed by atoms with Gasteiger partial charge in [-0.2, -0.15) is 0 Å². The normalized spacial score (nSPS) is 12.3. The van der Waals surface area contributed by atoms with E-state index in [1.54, 1.807) is 7.11 Å². The van der Waals surface area contributed by atoms with Gasteiger partial charge in [-0.1, -0.05) is 24.3 Å². The fraction of sp³-hybridized carbons (Fsp3) is 0.300. The molecule has 0 unspecified atom stereocenters. The predicted molar refractivity (Wildman–Crippen MR) is 98.9 cm³/mol. The van der Waals surface area contributed by atoms with Crippen molar-refractivity contribution in [2.24, 2.45) is 0 Å². The van der Waals surface area contributed by atoms with Gasteiger partial charge in [0.05, 0.1) is 19.8 Å². The van der Waals surface area contributed by atoms with Crippen molar-refractivity contribution in [1.29, 1.82) is 0 Å². The van der Waals surface area contributed by atoms with Crippen LogP contribution in [0.3, 0.4) is 0 Å². The first-order valence-corrected chi connectivity index (χ1v) is 8.20. The lowest BCUT2D eigenvalue weighted by atomic mass is 10.2. The molecule has 0 saturated heterocycles. The molecule has 4 nitrogen and oxygen atoms in total. The van der Waals surface area contributed by atoms with Crippen molar-refractivity contribution in [2.45, 2.75) is 26.5 Å². The molecule has 1 heterocycles. The van der Waals surface area contributed by atoms with Gasteiger partial charge in [0.15, 0.2) is 0 Å². The Balaban J connectivity index is 1.71. The van der Waals surface area contributed by atoms with Gasteiger partial charge < -0.3 is 19.7 Å². The van der Waals surface area contributed by atoms with Gasteiger partial charge in [-0.25, -0.2) is 0 Å². The van der Waals surface area contributed by atoms with Gasteiger partial charge in [0.1, 0.15) is 5.75 Å². The highest BCUT2D eigenvalue weighted by Gasteiger charge is 2.13. The van der Waals surface area contributed by atoms with Crippen molar-refractivity contribution >= 4 is 16.6 Å². The number of aromatic nitrogens is 1. The molecule has 2 aromatic carbocycles. The number of fused-ring (bicyclic) bond motifs is 1. The molecular formula is C20H24N2O2. The highest BCUT2D eigenvalue weighted by atomic mass is 16.5. The molecule has 0 radical (unpaired) electrons. The highest BCUT2D eigenvalue weighted by molar-refractivity contribution is 5.85. The van der Waals surface area contributed by atoms with Gasteiger partial charge in [-0.05, 0) is 37.6 Å². The fourth-order valence-electron chi connectivity index (χ4n) is 3.08. The third kappa shape index (κ3) is 3.24. The topological polar surface area (TPSA) is 46.4 Å². The summed E-state index contributed by atoms with van der Waals surface area (Å²) in [6.07, 6.45) is -0.481. The van der Waals surface area contributed by atoms with Gasteiger partial charge >= 0.3 is 0 Å². The van der Waals surface area contributed by atoms with Gasteiger partial charge in [0.25, 0.3) is 0 Å². The maximum atomic E-state index is 10.5. The van der Waals surface area contributed by atoms with Crippen LogP contribution in [0.5, 0.6) is 5.75 Å². The number of ether oxygens (including phenoxy) is 1. The average Bonchev–Trinajstić information content (AvgIpc) is 2.85. The van der Waals surface area contributed by atoms with Crippen LogP contribution in [-0.2, 0) is 6.54 Å². The maximum absolute atomic E-state index is 10.5. The Morgan fingerprint density at radius 2 is 1.92 bits per heavy atom. The summed E-state index contributed by atoms with van der Waals surface area (Å²) in [6, 6.07) is 16.1. The zero-order valence-corrected chi connectivity index (χ0v) is 14.4. The Hall–Kier alpha value is -2.46. The summed E-state index contributed by atoms with van der Waals surface area (Å²) in [4.78, 5) is 0. The van der Waals surface area contributed by atoms with E-state index >= 15 is 0 Å². The molecule has 0 aliphatic rings. The molecule has 2 N–H and O–H groups in total. The number of nitrogens with zero attached hydrogens (tertiary/aromatic N) is 1. The van der Waals surface area contributed by atoms with Crippen LogP contribution in [0, 0.1) is 13.8 Å². The summed E-state index contributed by atoms with van der Waals surface area (Å²) in [5.74, 6) is 0.803. The Bertz CT molecular complexity index is 839. The average molecular weight is 324 g/mol. The lowest BCUT2D eigenvalue weighted by Gasteiger charge is -2.16. The summed E-state index contributed by atoms with van der Waals surface area (Å²) in [5, 5.41) is 15.0. The van der Waals surface area contributed by atoms with Crippen LogP contribution >= 0.6 is 0 Å². The predicted octanol–water partition coefficient (Wildman–Crippen LogP) is 3.74. The number of rotatable bonds is 6. The van der Waals surface area contributed by atoms with Crippen molar-refractivity contribution < 1.29 is 9.84 Å². The van der Waals surface area contributed by atoms with Crippen molar-refractivity contribution in [3.05, 3.63) is 59.8 Å². The molecule has 0 spiro atoms. The second-order valence-electron chi connectivity index (χ2n) is 6.10. The Morgan fingerprint density at radius 1 is 1.12 bits per heavy atom. The van der Waals surface area contributed by atoms with Crippen LogP contribution in [0.15, 0.2) is 48.5 Å². The van der Waals surface area contributed by atoms with E-state index < -0.39 is 6.10 Å². The monoisotopic (exact) mass is 324 g/mol. The standard InChI is InChI=1S/C20H24N2O2/c1-14-15(2)22(20-10-5-4-9-19(14)20)13-17(23)12-21-16-7-6-8-18(11-16)24-3/h4-11,17,21,23H,12-13H2,1-3H3/t17-/m1/s1. The van der Waals surface area contributed by atoms with Crippen molar-refractivity contribution in [2.75, 3.05) is 19.0 Å². The Kier molecular flexibility index (Phi) is 4.76. The fourth-order valence-corrected chi connectivity index (χ4v) is 3.08. The van der Waals surface area contributed by atoms with Crippen LogP contribution in [-0.4, -0.2) is 29.4 Å². The number of aliphatic hydroxyl groups is 1. The van der Waals surface area contributed by atoms with E-state index in [0.29, 0.717) is 13.1 Å². The van der Waals surface area contributed by atoms with Crippen molar-refractivity contribution in [3.8, 4) is 5.75 Å². The maximum Gasteiger partial charge on any atom is 0.120 e. The molecule has 0 bridgehead atoms. The van der Waals surface area contributed by atoms with E-state index in [1.165, 1.54) is 22.2 Å². The van der Waals surface area contributed by atoms with E-state index in [0.717, 1.165) is 11.4 Å². The molecule has 3 aromatic rings. The molecular weight excluding hydrogens is 300 g/mol. The SMILES string of the molecule is COc1cccc(NC[C@@H](O)Cn2c(C)c(C)c3ccccc32)c1. The van der Waals surface area contributed by atoms with E-state index in [9.17, 15) is 5.11 Å².